The lowest BCUT2D eigenvalue weighted by Crippen LogP contribution is -2.23. The molecule has 3 unspecified atom stereocenters. The van der Waals surface area contributed by atoms with E-state index in [0.29, 0.717) is 5.75 Å². The van der Waals surface area contributed by atoms with Crippen molar-refractivity contribution in [3.63, 3.8) is 0 Å². The highest BCUT2D eigenvalue weighted by molar-refractivity contribution is 7.85. The molecule has 0 saturated carbocycles. The smallest absolute Gasteiger partial charge is 0.112 e. The van der Waals surface area contributed by atoms with Gasteiger partial charge in [-0.25, -0.2) is 4.98 Å². The molecule has 5 heteroatoms. The van der Waals surface area contributed by atoms with Gasteiger partial charge in [-0.2, -0.15) is 0 Å². The molecule has 1 aliphatic rings. The van der Waals surface area contributed by atoms with Crippen LogP contribution >= 0.6 is 11.3 Å². The van der Waals surface area contributed by atoms with Crippen molar-refractivity contribution < 1.29 is 4.21 Å². The van der Waals surface area contributed by atoms with Gasteiger partial charge in [0.1, 0.15) is 5.01 Å². The maximum atomic E-state index is 12.1. The van der Waals surface area contributed by atoms with Crippen molar-refractivity contribution in [2.75, 3.05) is 12.3 Å². The standard InChI is InChI=1S/C13H16N2OS2/c1-9-6-7-14-11(8-18(9)16)13-15-10-4-2-3-5-12(10)17-13/h2-5,9,11,14H,6-8H2,1H3. The van der Waals surface area contributed by atoms with Gasteiger partial charge in [0.2, 0.25) is 0 Å². The average Bonchev–Trinajstić information content (AvgIpc) is 2.73. The Kier molecular flexibility index (Phi) is 3.46. The first-order valence-electron chi connectivity index (χ1n) is 6.20. The Labute approximate surface area is 113 Å². The lowest BCUT2D eigenvalue weighted by atomic mass is 10.3. The molecule has 1 aromatic heterocycles. The number of fused-ring (bicyclic) bond motifs is 1. The summed E-state index contributed by atoms with van der Waals surface area (Å²) >= 11 is 1.71. The number of thiazole rings is 1. The van der Waals surface area contributed by atoms with Crippen LogP contribution in [0.15, 0.2) is 24.3 Å². The molecule has 3 atom stereocenters. The molecule has 2 aromatic rings. The average molecular weight is 280 g/mol. The maximum absolute atomic E-state index is 12.1. The Balaban J connectivity index is 1.91. The van der Waals surface area contributed by atoms with E-state index in [2.05, 4.69) is 23.3 Å². The van der Waals surface area contributed by atoms with Crippen LogP contribution < -0.4 is 5.32 Å². The van der Waals surface area contributed by atoms with Crippen molar-refractivity contribution in [3.8, 4) is 0 Å². The zero-order chi connectivity index (χ0) is 12.5. The topological polar surface area (TPSA) is 42.0 Å². The number of rotatable bonds is 1. The molecule has 0 aliphatic carbocycles. The molecular formula is C13H16N2OS2. The molecular weight excluding hydrogens is 264 g/mol. The molecule has 0 spiro atoms. The summed E-state index contributed by atoms with van der Waals surface area (Å²) in [6.07, 6.45) is 0.980. The summed E-state index contributed by atoms with van der Waals surface area (Å²) in [5.41, 5.74) is 1.04. The van der Waals surface area contributed by atoms with Crippen LogP contribution in [-0.2, 0) is 10.8 Å². The summed E-state index contributed by atoms with van der Waals surface area (Å²) in [4.78, 5) is 4.66. The van der Waals surface area contributed by atoms with Gasteiger partial charge < -0.3 is 5.32 Å². The van der Waals surface area contributed by atoms with Gasteiger partial charge in [-0.15, -0.1) is 11.3 Å². The fourth-order valence-corrected chi connectivity index (χ4v) is 4.64. The number of para-hydroxylation sites is 1. The van der Waals surface area contributed by atoms with E-state index in [1.807, 2.05) is 18.2 Å². The van der Waals surface area contributed by atoms with Crippen LogP contribution in [0.2, 0.25) is 0 Å². The second kappa shape index (κ2) is 5.07. The zero-order valence-corrected chi connectivity index (χ0v) is 11.9. The Bertz CT molecular complexity index is 548. The van der Waals surface area contributed by atoms with Crippen molar-refractivity contribution in [2.24, 2.45) is 0 Å². The van der Waals surface area contributed by atoms with Crippen LogP contribution in [0, 0.1) is 0 Å². The molecule has 2 heterocycles. The number of nitrogens with zero attached hydrogens (tertiary/aromatic N) is 1. The molecule has 0 amide bonds. The first kappa shape index (κ1) is 12.3. The Hall–Kier alpha value is -0.780. The van der Waals surface area contributed by atoms with Crippen molar-refractivity contribution >= 4 is 32.4 Å². The van der Waals surface area contributed by atoms with Gasteiger partial charge in [-0.1, -0.05) is 19.1 Å². The zero-order valence-electron chi connectivity index (χ0n) is 10.3. The predicted octanol–water partition coefficient (Wildman–Crippen LogP) is 2.47. The number of hydrogen-bond acceptors (Lipinski definition) is 4. The van der Waals surface area contributed by atoms with Gasteiger partial charge in [0, 0.05) is 21.8 Å². The van der Waals surface area contributed by atoms with E-state index in [1.54, 1.807) is 11.3 Å². The summed E-state index contributed by atoms with van der Waals surface area (Å²) in [6, 6.07) is 8.31. The van der Waals surface area contributed by atoms with Crippen LogP contribution in [0.25, 0.3) is 10.2 Å². The first-order valence-corrected chi connectivity index (χ1v) is 8.40. The molecule has 1 fully saturated rings. The molecule has 3 rings (SSSR count). The number of hydrogen-bond donors (Lipinski definition) is 1. The highest BCUT2D eigenvalue weighted by Gasteiger charge is 2.24. The molecule has 18 heavy (non-hydrogen) atoms. The second-order valence-electron chi connectivity index (χ2n) is 4.67. The van der Waals surface area contributed by atoms with Crippen LogP contribution in [0.4, 0.5) is 0 Å². The third kappa shape index (κ3) is 2.35. The maximum Gasteiger partial charge on any atom is 0.112 e. The summed E-state index contributed by atoms with van der Waals surface area (Å²) in [7, 11) is -0.750. The van der Waals surface area contributed by atoms with Gasteiger partial charge >= 0.3 is 0 Å². The predicted molar refractivity (Wildman–Crippen MR) is 77.5 cm³/mol. The minimum Gasteiger partial charge on any atom is -0.307 e. The van der Waals surface area contributed by atoms with E-state index >= 15 is 0 Å². The van der Waals surface area contributed by atoms with Gasteiger partial charge in [0.15, 0.2) is 0 Å². The van der Waals surface area contributed by atoms with Gasteiger partial charge in [-0.3, -0.25) is 4.21 Å². The molecule has 0 bridgehead atoms. The molecule has 1 saturated heterocycles. The van der Waals surface area contributed by atoms with Crippen molar-refractivity contribution in [1.29, 1.82) is 0 Å². The molecule has 1 N–H and O–H groups in total. The summed E-state index contributed by atoms with van der Waals surface area (Å²) in [5.74, 6) is 0.682. The van der Waals surface area contributed by atoms with Crippen LogP contribution in [-0.4, -0.2) is 26.7 Å². The van der Waals surface area contributed by atoms with E-state index in [4.69, 9.17) is 0 Å². The van der Waals surface area contributed by atoms with Crippen LogP contribution in [0.3, 0.4) is 0 Å². The van der Waals surface area contributed by atoms with Crippen molar-refractivity contribution in [3.05, 3.63) is 29.3 Å². The van der Waals surface area contributed by atoms with Gasteiger partial charge in [0.25, 0.3) is 0 Å². The van der Waals surface area contributed by atoms with Gasteiger partial charge in [-0.05, 0) is 25.1 Å². The molecule has 96 valence electrons. The van der Waals surface area contributed by atoms with Gasteiger partial charge in [0.05, 0.1) is 16.3 Å². The summed E-state index contributed by atoms with van der Waals surface area (Å²) in [6.45, 7) is 2.99. The van der Waals surface area contributed by atoms with Crippen molar-refractivity contribution in [2.45, 2.75) is 24.6 Å². The monoisotopic (exact) mass is 280 g/mol. The van der Waals surface area contributed by atoms with E-state index < -0.39 is 10.8 Å². The van der Waals surface area contributed by atoms with E-state index in [9.17, 15) is 4.21 Å². The highest BCUT2D eigenvalue weighted by Crippen LogP contribution is 2.28. The number of aromatic nitrogens is 1. The lowest BCUT2D eigenvalue weighted by molar-refractivity contribution is 0.576. The fraction of sp³-hybridized carbons (Fsp3) is 0.462. The minimum atomic E-state index is -0.750. The molecule has 1 aromatic carbocycles. The fourth-order valence-electron chi connectivity index (χ4n) is 2.18. The molecule has 1 aliphatic heterocycles. The first-order chi connectivity index (χ1) is 8.74. The Morgan fingerprint density at radius 2 is 2.28 bits per heavy atom. The van der Waals surface area contributed by atoms with Crippen LogP contribution in [0.1, 0.15) is 24.4 Å². The van der Waals surface area contributed by atoms with Crippen LogP contribution in [0.5, 0.6) is 0 Å². The van der Waals surface area contributed by atoms with E-state index in [0.717, 1.165) is 23.5 Å². The third-order valence-corrected chi connectivity index (χ3v) is 6.28. The SMILES string of the molecule is CC1CCNC(c2nc3ccccc3s2)CS1=O. The quantitative estimate of drug-likeness (QED) is 0.872. The number of nitrogens with one attached hydrogen (secondary N) is 1. The van der Waals surface area contributed by atoms with E-state index in [1.165, 1.54) is 4.70 Å². The van der Waals surface area contributed by atoms with Crippen molar-refractivity contribution in [1.82, 2.24) is 10.3 Å². The third-order valence-electron chi connectivity index (χ3n) is 3.33. The summed E-state index contributed by atoms with van der Waals surface area (Å²) in [5, 5.41) is 4.83. The minimum absolute atomic E-state index is 0.146. The molecule has 3 nitrogen and oxygen atoms in total. The lowest BCUT2D eigenvalue weighted by Gasteiger charge is -2.11. The Morgan fingerprint density at radius 1 is 1.44 bits per heavy atom. The second-order valence-corrected chi connectivity index (χ2v) is 7.64. The number of benzene rings is 1. The Morgan fingerprint density at radius 3 is 3.11 bits per heavy atom. The molecule has 0 radical (unpaired) electrons. The normalized spacial score (nSPS) is 29.3. The van der Waals surface area contributed by atoms with E-state index in [-0.39, 0.29) is 11.3 Å². The largest absolute Gasteiger partial charge is 0.307 e. The highest BCUT2D eigenvalue weighted by atomic mass is 32.2. The summed E-state index contributed by atoms with van der Waals surface area (Å²) < 4.78 is 13.3.